The number of thiazole rings is 1. The van der Waals surface area contributed by atoms with Crippen molar-refractivity contribution in [3.8, 4) is 10.4 Å². The first kappa shape index (κ1) is 19.1. The van der Waals surface area contributed by atoms with E-state index in [1.54, 1.807) is 34.9 Å². The van der Waals surface area contributed by atoms with E-state index in [9.17, 15) is 22.4 Å². The lowest BCUT2D eigenvalue weighted by Crippen LogP contribution is -2.23. The summed E-state index contributed by atoms with van der Waals surface area (Å²) in [6, 6.07) is 11.1. The van der Waals surface area contributed by atoms with Crippen molar-refractivity contribution in [2.45, 2.75) is 12.7 Å². The highest BCUT2D eigenvalue weighted by atomic mass is 32.1. The predicted octanol–water partition coefficient (Wildman–Crippen LogP) is 5.15. The molecule has 2 aromatic heterocycles. The maximum Gasteiger partial charge on any atom is 0.416 e. The van der Waals surface area contributed by atoms with Crippen LogP contribution in [0.4, 0.5) is 17.6 Å². The van der Waals surface area contributed by atoms with Crippen LogP contribution in [0.5, 0.6) is 0 Å². The molecule has 0 atom stereocenters. The number of halogens is 4. The van der Waals surface area contributed by atoms with Gasteiger partial charge >= 0.3 is 6.18 Å². The van der Waals surface area contributed by atoms with Gasteiger partial charge in [-0.3, -0.25) is 9.20 Å². The molecule has 29 heavy (non-hydrogen) atoms. The number of aromatic nitrogens is 2. The van der Waals surface area contributed by atoms with Crippen molar-refractivity contribution in [1.29, 1.82) is 0 Å². The number of carbonyl (C=O) groups is 1. The van der Waals surface area contributed by atoms with Crippen LogP contribution >= 0.6 is 11.3 Å². The van der Waals surface area contributed by atoms with Crippen molar-refractivity contribution in [3.05, 3.63) is 83.6 Å². The Balaban J connectivity index is 1.53. The van der Waals surface area contributed by atoms with Gasteiger partial charge in [-0.15, -0.1) is 0 Å². The molecule has 0 radical (unpaired) electrons. The van der Waals surface area contributed by atoms with Gasteiger partial charge in [0.1, 0.15) is 11.5 Å². The Bertz CT molecular complexity index is 1160. The van der Waals surface area contributed by atoms with Crippen LogP contribution in [0.1, 0.15) is 21.6 Å². The second kappa shape index (κ2) is 7.32. The Morgan fingerprint density at radius 2 is 1.90 bits per heavy atom. The van der Waals surface area contributed by atoms with E-state index in [1.165, 1.54) is 29.7 Å². The Hall–Kier alpha value is -3.20. The minimum Gasteiger partial charge on any atom is -0.346 e. The molecule has 0 bridgehead atoms. The Morgan fingerprint density at radius 1 is 1.10 bits per heavy atom. The molecule has 0 aliphatic heterocycles. The number of hydrogen-bond acceptors (Lipinski definition) is 3. The van der Waals surface area contributed by atoms with Crippen LogP contribution in [0.3, 0.4) is 0 Å². The van der Waals surface area contributed by atoms with Crippen molar-refractivity contribution in [3.63, 3.8) is 0 Å². The number of fused-ring (bicyclic) bond motifs is 1. The standard InChI is InChI=1S/C20H13F4N3OS/c21-15-7-2-1-4-13(15)9-25-18(28)16-10-27-11-17(29-19(27)26-16)12-5-3-6-14(8-12)20(22,23)24/h1-8,10-11H,9H2,(H,25,28). The number of carbonyl (C=O) groups excluding carboxylic acids is 1. The highest BCUT2D eigenvalue weighted by Crippen LogP contribution is 2.34. The van der Waals surface area contributed by atoms with E-state index in [0.717, 1.165) is 12.1 Å². The van der Waals surface area contributed by atoms with Crippen LogP contribution in [-0.2, 0) is 12.7 Å². The van der Waals surface area contributed by atoms with Crippen LogP contribution in [0.25, 0.3) is 15.4 Å². The smallest absolute Gasteiger partial charge is 0.346 e. The minimum absolute atomic E-state index is 0.0200. The van der Waals surface area contributed by atoms with E-state index in [4.69, 9.17) is 0 Å². The molecule has 0 aliphatic rings. The first-order valence-electron chi connectivity index (χ1n) is 8.49. The van der Waals surface area contributed by atoms with Crippen molar-refractivity contribution < 1.29 is 22.4 Å². The molecular weight excluding hydrogens is 406 g/mol. The highest BCUT2D eigenvalue weighted by Gasteiger charge is 2.30. The van der Waals surface area contributed by atoms with Crippen LogP contribution < -0.4 is 5.32 Å². The molecule has 9 heteroatoms. The fourth-order valence-electron chi connectivity index (χ4n) is 2.80. The summed E-state index contributed by atoms with van der Waals surface area (Å²) in [5, 5.41) is 2.60. The summed E-state index contributed by atoms with van der Waals surface area (Å²) in [6.45, 7) is 0.0200. The van der Waals surface area contributed by atoms with E-state index in [2.05, 4.69) is 10.3 Å². The molecule has 0 unspecified atom stereocenters. The monoisotopic (exact) mass is 419 g/mol. The Morgan fingerprint density at radius 3 is 2.62 bits per heavy atom. The maximum atomic E-state index is 13.6. The number of amides is 1. The van der Waals surface area contributed by atoms with Crippen LogP contribution in [0, 0.1) is 5.82 Å². The predicted molar refractivity (Wildman–Crippen MR) is 101 cm³/mol. The molecular formula is C20H13F4N3OS. The zero-order valence-corrected chi connectivity index (χ0v) is 15.5. The largest absolute Gasteiger partial charge is 0.416 e. The number of nitrogens with zero attached hydrogens (tertiary/aromatic N) is 2. The Labute approximate surface area is 166 Å². The van der Waals surface area contributed by atoms with Gasteiger partial charge in [0.05, 0.1) is 10.4 Å². The van der Waals surface area contributed by atoms with Gasteiger partial charge in [0.25, 0.3) is 5.91 Å². The van der Waals surface area contributed by atoms with Gasteiger partial charge in [-0.25, -0.2) is 9.37 Å². The second-order valence-electron chi connectivity index (χ2n) is 6.26. The van der Waals surface area contributed by atoms with Crippen molar-refractivity contribution in [2.75, 3.05) is 0 Å². The molecule has 1 N–H and O–H groups in total. The van der Waals surface area contributed by atoms with Gasteiger partial charge in [0, 0.05) is 24.5 Å². The third-order valence-corrected chi connectivity index (χ3v) is 5.31. The van der Waals surface area contributed by atoms with Crippen LogP contribution in [-0.4, -0.2) is 15.3 Å². The number of nitrogens with one attached hydrogen (secondary N) is 1. The molecule has 4 nitrogen and oxygen atoms in total. The zero-order valence-electron chi connectivity index (χ0n) is 14.7. The lowest BCUT2D eigenvalue weighted by atomic mass is 10.1. The number of hydrogen-bond donors (Lipinski definition) is 1. The molecule has 2 aromatic carbocycles. The molecule has 2 heterocycles. The third-order valence-electron chi connectivity index (χ3n) is 4.26. The minimum atomic E-state index is -4.42. The van der Waals surface area contributed by atoms with Crippen LogP contribution in [0.2, 0.25) is 0 Å². The van der Waals surface area contributed by atoms with E-state index >= 15 is 0 Å². The lowest BCUT2D eigenvalue weighted by molar-refractivity contribution is -0.137. The first-order chi connectivity index (χ1) is 13.8. The zero-order chi connectivity index (χ0) is 20.6. The normalized spacial score (nSPS) is 11.7. The second-order valence-corrected chi connectivity index (χ2v) is 7.27. The molecule has 0 fully saturated rings. The topological polar surface area (TPSA) is 46.4 Å². The summed E-state index contributed by atoms with van der Waals surface area (Å²) < 4.78 is 53.9. The molecule has 4 rings (SSSR count). The number of benzene rings is 2. The summed E-state index contributed by atoms with van der Waals surface area (Å²) in [4.78, 5) is 17.6. The molecule has 1 amide bonds. The summed E-state index contributed by atoms with van der Waals surface area (Å²) >= 11 is 1.17. The van der Waals surface area contributed by atoms with Crippen molar-refractivity contribution >= 4 is 22.2 Å². The average Bonchev–Trinajstić information content (AvgIpc) is 3.26. The van der Waals surface area contributed by atoms with Gasteiger partial charge in [0.2, 0.25) is 0 Å². The SMILES string of the molecule is O=C(NCc1ccccc1F)c1cn2cc(-c3cccc(C(F)(F)F)c3)sc2n1. The highest BCUT2D eigenvalue weighted by molar-refractivity contribution is 7.20. The molecule has 0 spiro atoms. The molecule has 148 valence electrons. The van der Waals surface area contributed by atoms with E-state index in [0.29, 0.717) is 21.0 Å². The van der Waals surface area contributed by atoms with Gasteiger partial charge in [-0.2, -0.15) is 13.2 Å². The molecule has 0 aliphatic carbocycles. The van der Waals surface area contributed by atoms with Gasteiger partial charge < -0.3 is 5.32 Å². The lowest BCUT2D eigenvalue weighted by Gasteiger charge is -2.07. The summed E-state index contributed by atoms with van der Waals surface area (Å²) in [5.74, 6) is -0.880. The number of imidazole rings is 1. The molecule has 4 aromatic rings. The van der Waals surface area contributed by atoms with Gasteiger partial charge in [-0.1, -0.05) is 41.7 Å². The molecule has 0 saturated carbocycles. The van der Waals surface area contributed by atoms with E-state index in [1.807, 2.05) is 0 Å². The first-order valence-corrected chi connectivity index (χ1v) is 9.31. The fourth-order valence-corrected chi connectivity index (χ4v) is 3.76. The van der Waals surface area contributed by atoms with E-state index < -0.39 is 23.5 Å². The maximum absolute atomic E-state index is 13.6. The van der Waals surface area contributed by atoms with Crippen molar-refractivity contribution in [2.24, 2.45) is 0 Å². The van der Waals surface area contributed by atoms with Crippen LogP contribution in [0.15, 0.2) is 60.9 Å². The average molecular weight is 419 g/mol. The summed E-state index contributed by atoms with van der Waals surface area (Å²) in [6.07, 6.45) is -1.31. The van der Waals surface area contributed by atoms with E-state index in [-0.39, 0.29) is 12.2 Å². The molecule has 0 saturated heterocycles. The van der Waals surface area contributed by atoms with Gasteiger partial charge in [-0.05, 0) is 23.8 Å². The number of rotatable bonds is 4. The summed E-state index contributed by atoms with van der Waals surface area (Å²) in [5.41, 5.74) is 0.187. The number of alkyl halides is 3. The third kappa shape index (κ3) is 4.00. The fraction of sp³-hybridized carbons (Fsp3) is 0.100. The Kier molecular flexibility index (Phi) is 4.83. The quantitative estimate of drug-likeness (QED) is 0.465. The van der Waals surface area contributed by atoms with Gasteiger partial charge in [0.15, 0.2) is 4.96 Å². The summed E-state index contributed by atoms with van der Waals surface area (Å²) in [7, 11) is 0. The van der Waals surface area contributed by atoms with Crippen molar-refractivity contribution in [1.82, 2.24) is 14.7 Å².